The molecule has 4 rings (SSSR count). The molecule has 32 heavy (non-hydrogen) atoms. The smallest absolute Gasteiger partial charge is 0.267 e. The van der Waals surface area contributed by atoms with Crippen molar-refractivity contribution in [2.24, 2.45) is 10.2 Å². The lowest BCUT2D eigenvalue weighted by atomic mass is 10.2. The summed E-state index contributed by atoms with van der Waals surface area (Å²) in [6, 6.07) is 18.3. The summed E-state index contributed by atoms with van der Waals surface area (Å²) < 4.78 is 5.41. The minimum Gasteiger partial charge on any atom is -0.507 e. The van der Waals surface area contributed by atoms with Crippen LogP contribution in [-0.2, 0) is 11.3 Å². The van der Waals surface area contributed by atoms with Gasteiger partial charge in [-0.25, -0.2) is 0 Å². The summed E-state index contributed by atoms with van der Waals surface area (Å²) >= 11 is 1.21. The summed E-state index contributed by atoms with van der Waals surface area (Å²) in [6.07, 6.45) is 4.87. The number of rotatable bonds is 6. The normalized spacial score (nSPS) is 16.6. The summed E-state index contributed by atoms with van der Waals surface area (Å²) in [5, 5.41) is 19.0. The highest BCUT2D eigenvalue weighted by molar-refractivity contribution is 8.18. The Balaban J connectivity index is 1.60. The largest absolute Gasteiger partial charge is 0.507 e. The Morgan fingerprint density at radius 3 is 2.56 bits per heavy atom. The van der Waals surface area contributed by atoms with Crippen LogP contribution in [0.1, 0.15) is 16.9 Å². The van der Waals surface area contributed by atoms with Crippen molar-refractivity contribution >= 4 is 40.8 Å². The predicted octanol–water partition coefficient (Wildman–Crippen LogP) is 4.56. The Labute approximate surface area is 190 Å². The van der Waals surface area contributed by atoms with E-state index >= 15 is 0 Å². The maximum absolute atomic E-state index is 13.1. The molecule has 7 nitrogen and oxygen atoms in total. The quantitative estimate of drug-likeness (QED) is 0.341. The van der Waals surface area contributed by atoms with E-state index in [1.54, 1.807) is 55.0 Å². The molecule has 2 heterocycles. The number of aromatic hydroxyl groups is 1. The molecule has 0 unspecified atom stereocenters. The van der Waals surface area contributed by atoms with E-state index in [2.05, 4.69) is 10.2 Å². The predicted molar refractivity (Wildman–Crippen MR) is 129 cm³/mol. The van der Waals surface area contributed by atoms with E-state index in [9.17, 15) is 9.90 Å². The van der Waals surface area contributed by atoms with Crippen LogP contribution in [-0.4, -0.2) is 41.4 Å². The van der Waals surface area contributed by atoms with E-state index in [0.717, 1.165) is 11.3 Å². The van der Waals surface area contributed by atoms with Gasteiger partial charge in [-0.05, 0) is 53.7 Å². The van der Waals surface area contributed by atoms with Gasteiger partial charge in [-0.15, -0.1) is 5.10 Å². The number of amides is 1. The molecule has 2 aromatic carbocycles. The molecule has 1 amide bonds. The van der Waals surface area contributed by atoms with E-state index in [4.69, 9.17) is 4.42 Å². The van der Waals surface area contributed by atoms with Crippen molar-refractivity contribution in [3.05, 3.63) is 88.7 Å². The second-order valence-electron chi connectivity index (χ2n) is 7.25. The first-order valence-corrected chi connectivity index (χ1v) is 10.7. The summed E-state index contributed by atoms with van der Waals surface area (Å²) in [7, 11) is 3.97. The number of carbonyl (C=O) groups is 1. The Morgan fingerprint density at radius 2 is 1.88 bits per heavy atom. The molecule has 0 radical (unpaired) electrons. The van der Waals surface area contributed by atoms with E-state index in [1.165, 1.54) is 16.7 Å². The topological polar surface area (TPSA) is 81.6 Å². The third-order valence-corrected chi connectivity index (χ3v) is 5.76. The summed E-state index contributed by atoms with van der Waals surface area (Å²) in [6.45, 7) is 0.239. The molecule has 0 atom stereocenters. The number of thioether (sulfide) groups is 1. The maximum Gasteiger partial charge on any atom is 0.267 e. The van der Waals surface area contributed by atoms with Gasteiger partial charge in [0.2, 0.25) is 0 Å². The molecule has 1 saturated heterocycles. The third kappa shape index (κ3) is 4.92. The lowest BCUT2D eigenvalue weighted by molar-refractivity contribution is -0.122. The third-order valence-electron chi connectivity index (χ3n) is 4.77. The van der Waals surface area contributed by atoms with E-state index < -0.39 is 0 Å². The number of benzene rings is 2. The van der Waals surface area contributed by atoms with Gasteiger partial charge in [-0.3, -0.25) is 9.69 Å². The average molecular weight is 447 g/mol. The molecule has 1 aliphatic rings. The second kappa shape index (κ2) is 9.57. The first-order valence-electron chi connectivity index (χ1n) is 9.91. The molecule has 1 fully saturated rings. The van der Waals surface area contributed by atoms with Gasteiger partial charge in [0, 0.05) is 25.3 Å². The highest BCUT2D eigenvalue weighted by Crippen LogP contribution is 2.35. The van der Waals surface area contributed by atoms with Crippen molar-refractivity contribution in [1.29, 1.82) is 0 Å². The molecule has 0 aliphatic carbocycles. The average Bonchev–Trinajstić information content (AvgIpc) is 3.40. The van der Waals surface area contributed by atoms with Crippen molar-refractivity contribution < 1.29 is 14.3 Å². The van der Waals surface area contributed by atoms with Crippen molar-refractivity contribution in [3.63, 3.8) is 0 Å². The molecule has 1 N–H and O–H groups in total. The monoisotopic (exact) mass is 446 g/mol. The van der Waals surface area contributed by atoms with Crippen LogP contribution < -0.4 is 4.90 Å². The fourth-order valence-electron chi connectivity index (χ4n) is 3.03. The highest BCUT2D eigenvalue weighted by atomic mass is 32.2. The molecular formula is C24H22N4O3S. The highest BCUT2D eigenvalue weighted by Gasteiger charge is 2.34. The number of phenols is 1. The van der Waals surface area contributed by atoms with Crippen LogP contribution in [0.3, 0.4) is 0 Å². The maximum atomic E-state index is 13.1. The number of nitrogens with zero attached hydrogens (tertiary/aromatic N) is 4. The number of hydrogen-bond donors (Lipinski definition) is 1. The van der Waals surface area contributed by atoms with Gasteiger partial charge >= 0.3 is 0 Å². The molecule has 1 aliphatic heterocycles. The number of anilines is 1. The zero-order valence-electron chi connectivity index (χ0n) is 17.7. The Morgan fingerprint density at radius 1 is 1.09 bits per heavy atom. The first kappa shape index (κ1) is 21.5. The Bertz CT molecular complexity index is 1180. The van der Waals surface area contributed by atoms with Gasteiger partial charge < -0.3 is 14.4 Å². The summed E-state index contributed by atoms with van der Waals surface area (Å²) in [5.41, 5.74) is 2.55. The van der Waals surface area contributed by atoms with Crippen LogP contribution in [0.5, 0.6) is 5.75 Å². The number of hydrogen-bond acceptors (Lipinski definition) is 7. The van der Waals surface area contributed by atoms with E-state index in [-0.39, 0.29) is 18.2 Å². The van der Waals surface area contributed by atoms with E-state index in [1.807, 2.05) is 43.3 Å². The van der Waals surface area contributed by atoms with Gasteiger partial charge in [0.05, 0.1) is 23.9 Å². The zero-order chi connectivity index (χ0) is 22.5. The molecule has 1 aromatic heterocycles. The molecule has 8 heteroatoms. The first-order chi connectivity index (χ1) is 15.5. The van der Waals surface area contributed by atoms with Gasteiger partial charge in [-0.1, -0.05) is 30.3 Å². The minimum atomic E-state index is -0.223. The van der Waals surface area contributed by atoms with Crippen molar-refractivity contribution in [2.75, 3.05) is 19.0 Å². The molecule has 0 saturated carbocycles. The molecular weight excluding hydrogens is 424 g/mol. The lowest BCUT2D eigenvalue weighted by Crippen LogP contribution is -2.28. The van der Waals surface area contributed by atoms with Crippen LogP contribution in [0.4, 0.5) is 5.69 Å². The van der Waals surface area contributed by atoms with Crippen LogP contribution >= 0.6 is 11.8 Å². The number of amidine groups is 1. The fraction of sp³-hybridized carbons (Fsp3) is 0.125. The van der Waals surface area contributed by atoms with Crippen LogP contribution in [0, 0.1) is 0 Å². The minimum absolute atomic E-state index is 0.107. The summed E-state index contributed by atoms with van der Waals surface area (Å²) in [5.74, 6) is 0.521. The summed E-state index contributed by atoms with van der Waals surface area (Å²) in [4.78, 5) is 17.1. The van der Waals surface area contributed by atoms with Crippen molar-refractivity contribution in [1.82, 2.24) is 4.90 Å². The Hall–Kier alpha value is -3.78. The van der Waals surface area contributed by atoms with Crippen LogP contribution in [0.25, 0.3) is 6.08 Å². The second-order valence-corrected chi connectivity index (χ2v) is 8.26. The standard InChI is InChI=1S/C24H22N4O3S/c1-27(2)19-11-9-17(10-12-19)15-25-26-24-28(16-20-7-5-13-31-20)23(30)22(32-24)14-18-6-3-4-8-21(18)29/h3-15,29H,16H2,1-2H3/b22-14-,25-15+,26-24-. The molecule has 3 aromatic rings. The number of carbonyl (C=O) groups excluding carboxylic acids is 1. The SMILES string of the molecule is CN(C)c1ccc(/C=N/N=C2\S/C(=C\c3ccccc3O)C(=O)N2Cc2ccco2)cc1. The van der Waals surface area contributed by atoms with Gasteiger partial charge in [0.15, 0.2) is 5.17 Å². The van der Waals surface area contributed by atoms with Gasteiger partial charge in [0.1, 0.15) is 11.5 Å². The van der Waals surface area contributed by atoms with Gasteiger partial charge in [0.25, 0.3) is 5.91 Å². The fourth-order valence-corrected chi connectivity index (χ4v) is 3.96. The lowest BCUT2D eigenvalue weighted by Gasteiger charge is -2.12. The molecule has 0 bridgehead atoms. The van der Waals surface area contributed by atoms with Crippen molar-refractivity contribution in [2.45, 2.75) is 6.54 Å². The number of para-hydroxylation sites is 1. The number of phenolic OH excluding ortho intramolecular Hbond substituents is 1. The van der Waals surface area contributed by atoms with Crippen molar-refractivity contribution in [3.8, 4) is 5.75 Å². The Kier molecular flexibility index (Phi) is 6.42. The van der Waals surface area contributed by atoms with Gasteiger partial charge in [-0.2, -0.15) is 5.10 Å². The van der Waals surface area contributed by atoms with Crippen LogP contribution in [0.2, 0.25) is 0 Å². The van der Waals surface area contributed by atoms with E-state index in [0.29, 0.717) is 21.4 Å². The number of furan rings is 1. The molecule has 0 spiro atoms. The zero-order valence-corrected chi connectivity index (χ0v) is 18.5. The van der Waals surface area contributed by atoms with Crippen LogP contribution in [0.15, 0.2) is 86.5 Å². The molecule has 162 valence electrons.